The van der Waals surface area contributed by atoms with Gasteiger partial charge in [0.05, 0.1) is 23.7 Å². The third-order valence-corrected chi connectivity index (χ3v) is 7.14. The molecule has 1 unspecified atom stereocenters. The van der Waals surface area contributed by atoms with Crippen molar-refractivity contribution in [1.82, 2.24) is 14.7 Å². The van der Waals surface area contributed by atoms with Crippen LogP contribution in [-0.4, -0.2) is 32.9 Å². The summed E-state index contributed by atoms with van der Waals surface area (Å²) < 4.78 is 7.79. The molecule has 5 nitrogen and oxygen atoms in total. The Morgan fingerprint density at radius 3 is 2.34 bits per heavy atom. The van der Waals surface area contributed by atoms with Crippen LogP contribution in [-0.2, 0) is 11.3 Å². The Bertz CT molecular complexity index is 1270. The van der Waals surface area contributed by atoms with Crippen LogP contribution >= 0.6 is 11.8 Å². The van der Waals surface area contributed by atoms with E-state index in [0.717, 1.165) is 33.8 Å². The number of hydrogen-bond acceptors (Lipinski definition) is 4. The van der Waals surface area contributed by atoms with Crippen LogP contribution in [0.25, 0.3) is 16.9 Å². The first-order valence-corrected chi connectivity index (χ1v) is 13.0. The summed E-state index contributed by atoms with van der Waals surface area (Å²) in [4.78, 5) is 14.9. The van der Waals surface area contributed by atoms with E-state index < -0.39 is 0 Å². The lowest BCUT2D eigenvalue weighted by Crippen LogP contribution is -2.27. The maximum absolute atomic E-state index is 12.9. The van der Waals surface area contributed by atoms with E-state index in [-0.39, 0.29) is 11.3 Å². The van der Waals surface area contributed by atoms with Crippen LogP contribution in [0.5, 0.6) is 5.75 Å². The average molecular weight is 484 g/mol. The zero-order valence-corrected chi connectivity index (χ0v) is 20.8. The number of nitrogens with zero attached hydrogens (tertiary/aromatic N) is 3. The van der Waals surface area contributed by atoms with E-state index in [1.54, 1.807) is 11.8 Å². The van der Waals surface area contributed by atoms with Crippen LogP contribution in [0.1, 0.15) is 30.3 Å². The number of hydrogen-bond donors (Lipinski definition) is 0. The molecule has 0 aliphatic carbocycles. The van der Waals surface area contributed by atoms with Gasteiger partial charge in [-0.25, -0.2) is 4.68 Å². The molecule has 6 heteroatoms. The standard InChI is InChI=1S/C29H29N3O2S/c1-21(2)19-34-25-15-13-23(14-16-25)28-26(18-32(30-28)24-11-7-4-8-12-24)29-31(27(33)20-35-29)17-22-9-5-3-6-10-22/h3-16,18,21,29H,17,19-20H2,1-2H3. The van der Waals surface area contributed by atoms with E-state index in [9.17, 15) is 4.79 Å². The molecule has 0 spiro atoms. The molecule has 1 saturated heterocycles. The van der Waals surface area contributed by atoms with Crippen LogP contribution in [0, 0.1) is 5.92 Å². The molecule has 1 amide bonds. The quantitative estimate of drug-likeness (QED) is 0.293. The number of rotatable bonds is 8. The molecule has 3 aromatic carbocycles. The number of carbonyl (C=O) groups is 1. The van der Waals surface area contributed by atoms with Gasteiger partial charge in [0, 0.05) is 23.9 Å². The zero-order chi connectivity index (χ0) is 24.2. The van der Waals surface area contributed by atoms with E-state index in [2.05, 4.69) is 44.3 Å². The molecule has 0 saturated carbocycles. The van der Waals surface area contributed by atoms with Crippen LogP contribution in [0.4, 0.5) is 0 Å². The lowest BCUT2D eigenvalue weighted by molar-refractivity contribution is -0.128. The second-order valence-electron chi connectivity index (χ2n) is 9.11. The third-order valence-electron chi connectivity index (χ3n) is 5.90. The minimum absolute atomic E-state index is 0.105. The predicted molar refractivity (Wildman–Crippen MR) is 142 cm³/mol. The summed E-state index contributed by atoms with van der Waals surface area (Å²) in [6, 6.07) is 28.4. The van der Waals surface area contributed by atoms with E-state index in [1.165, 1.54) is 0 Å². The van der Waals surface area contributed by atoms with Crippen LogP contribution in [0.15, 0.2) is 91.1 Å². The van der Waals surface area contributed by atoms with Gasteiger partial charge in [-0.05, 0) is 47.9 Å². The Morgan fingerprint density at radius 1 is 0.971 bits per heavy atom. The molecule has 1 aromatic heterocycles. The zero-order valence-electron chi connectivity index (χ0n) is 20.0. The molecule has 2 heterocycles. The molecule has 0 radical (unpaired) electrons. The first-order chi connectivity index (χ1) is 17.1. The second-order valence-corrected chi connectivity index (χ2v) is 10.2. The van der Waals surface area contributed by atoms with Crippen molar-refractivity contribution >= 4 is 17.7 Å². The Balaban J connectivity index is 1.52. The van der Waals surface area contributed by atoms with Gasteiger partial charge in [-0.1, -0.05) is 62.4 Å². The molecule has 1 aliphatic rings. The lowest BCUT2D eigenvalue weighted by Gasteiger charge is -2.24. The minimum atomic E-state index is -0.105. The Morgan fingerprint density at radius 2 is 1.66 bits per heavy atom. The number of thioether (sulfide) groups is 1. The van der Waals surface area contributed by atoms with Gasteiger partial charge in [0.25, 0.3) is 0 Å². The van der Waals surface area contributed by atoms with Crippen molar-refractivity contribution in [3.63, 3.8) is 0 Å². The summed E-state index contributed by atoms with van der Waals surface area (Å²) in [7, 11) is 0. The fourth-order valence-electron chi connectivity index (χ4n) is 4.14. The number of para-hydroxylation sites is 1. The second kappa shape index (κ2) is 10.4. The highest BCUT2D eigenvalue weighted by Crippen LogP contribution is 2.43. The molecule has 0 bridgehead atoms. The number of ether oxygens (including phenoxy) is 1. The maximum atomic E-state index is 12.9. The molecule has 35 heavy (non-hydrogen) atoms. The normalized spacial score (nSPS) is 15.7. The first kappa shape index (κ1) is 23.2. The number of aromatic nitrogens is 2. The van der Waals surface area contributed by atoms with Crippen LogP contribution in [0.3, 0.4) is 0 Å². The fourth-order valence-corrected chi connectivity index (χ4v) is 5.33. The summed E-state index contributed by atoms with van der Waals surface area (Å²) in [6.07, 6.45) is 2.07. The molecule has 1 fully saturated rings. The fraction of sp³-hybridized carbons (Fsp3) is 0.241. The van der Waals surface area contributed by atoms with Crippen LogP contribution in [0.2, 0.25) is 0 Å². The van der Waals surface area contributed by atoms with Crippen molar-refractivity contribution < 1.29 is 9.53 Å². The molecule has 1 aliphatic heterocycles. The highest BCUT2D eigenvalue weighted by atomic mass is 32.2. The molecule has 1 atom stereocenters. The van der Waals surface area contributed by atoms with Gasteiger partial charge < -0.3 is 9.64 Å². The predicted octanol–water partition coefficient (Wildman–Crippen LogP) is 6.35. The van der Waals surface area contributed by atoms with Gasteiger partial charge in [-0.2, -0.15) is 5.10 Å². The third kappa shape index (κ3) is 5.28. The SMILES string of the molecule is CC(C)COc1ccc(-c2nn(-c3ccccc3)cc2C2SCC(=O)N2Cc2ccccc2)cc1. The van der Waals surface area contributed by atoms with Gasteiger partial charge in [0.1, 0.15) is 11.1 Å². The van der Waals surface area contributed by atoms with E-state index in [0.29, 0.717) is 24.8 Å². The lowest BCUT2D eigenvalue weighted by atomic mass is 10.1. The summed E-state index contributed by atoms with van der Waals surface area (Å²) >= 11 is 1.66. The highest BCUT2D eigenvalue weighted by Gasteiger charge is 2.35. The molecule has 178 valence electrons. The molecule has 4 aromatic rings. The van der Waals surface area contributed by atoms with E-state index in [4.69, 9.17) is 9.84 Å². The van der Waals surface area contributed by atoms with Gasteiger partial charge in [0.2, 0.25) is 5.91 Å². The molecule has 5 rings (SSSR count). The number of benzene rings is 3. The van der Waals surface area contributed by atoms with Crippen LogP contribution < -0.4 is 4.74 Å². The van der Waals surface area contributed by atoms with Crippen molar-refractivity contribution in [3.05, 3.63) is 102 Å². The van der Waals surface area contributed by atoms with Gasteiger partial charge in [0.15, 0.2) is 0 Å². The van der Waals surface area contributed by atoms with E-state index in [1.807, 2.05) is 70.2 Å². The average Bonchev–Trinajstić information content (AvgIpc) is 3.48. The molecule has 0 N–H and O–H groups in total. The minimum Gasteiger partial charge on any atom is -0.493 e. The molecular formula is C29H29N3O2S. The maximum Gasteiger partial charge on any atom is 0.234 e. The summed E-state index contributed by atoms with van der Waals surface area (Å²) in [5.41, 5.74) is 5.04. The number of amides is 1. The summed E-state index contributed by atoms with van der Waals surface area (Å²) in [5.74, 6) is 1.94. The van der Waals surface area contributed by atoms with Crippen molar-refractivity contribution in [3.8, 4) is 22.7 Å². The van der Waals surface area contributed by atoms with Gasteiger partial charge in [-0.15, -0.1) is 11.8 Å². The van der Waals surface area contributed by atoms with Crippen molar-refractivity contribution in [2.24, 2.45) is 5.92 Å². The monoisotopic (exact) mass is 483 g/mol. The summed E-state index contributed by atoms with van der Waals surface area (Å²) in [5, 5.41) is 4.89. The van der Waals surface area contributed by atoms with Gasteiger partial charge >= 0.3 is 0 Å². The molecular weight excluding hydrogens is 454 g/mol. The van der Waals surface area contributed by atoms with Crippen molar-refractivity contribution in [2.45, 2.75) is 25.8 Å². The Hall–Kier alpha value is -3.51. The van der Waals surface area contributed by atoms with Gasteiger partial charge in [-0.3, -0.25) is 4.79 Å². The Labute approximate surface area is 210 Å². The highest BCUT2D eigenvalue weighted by molar-refractivity contribution is 8.00. The largest absolute Gasteiger partial charge is 0.493 e. The smallest absolute Gasteiger partial charge is 0.234 e. The van der Waals surface area contributed by atoms with Crippen molar-refractivity contribution in [1.29, 1.82) is 0 Å². The summed E-state index contributed by atoms with van der Waals surface area (Å²) in [6.45, 7) is 5.54. The van der Waals surface area contributed by atoms with E-state index >= 15 is 0 Å². The van der Waals surface area contributed by atoms with Crippen molar-refractivity contribution in [2.75, 3.05) is 12.4 Å². The topological polar surface area (TPSA) is 47.4 Å². The number of carbonyl (C=O) groups excluding carboxylic acids is 1. The first-order valence-electron chi connectivity index (χ1n) is 11.9. The Kier molecular flexibility index (Phi) is 6.91.